The van der Waals surface area contributed by atoms with Crippen molar-refractivity contribution in [2.45, 2.75) is 32.0 Å². The minimum Gasteiger partial charge on any atom is -0.419 e. The summed E-state index contributed by atoms with van der Waals surface area (Å²) in [7, 11) is 0. The van der Waals surface area contributed by atoms with E-state index in [1.165, 1.54) is 6.07 Å². The number of aromatic nitrogens is 2. The molecule has 25 heavy (non-hydrogen) atoms. The van der Waals surface area contributed by atoms with Crippen molar-refractivity contribution in [3.05, 3.63) is 70.3 Å². The van der Waals surface area contributed by atoms with Gasteiger partial charge in [-0.25, -0.2) is 4.39 Å². The highest BCUT2D eigenvalue weighted by Gasteiger charge is 2.30. The van der Waals surface area contributed by atoms with Crippen LogP contribution in [-0.2, 0) is 13.1 Å². The molecule has 4 nitrogen and oxygen atoms in total. The highest BCUT2D eigenvalue weighted by molar-refractivity contribution is 9.10. The Morgan fingerprint density at radius 2 is 1.92 bits per heavy atom. The van der Waals surface area contributed by atoms with Gasteiger partial charge in [0.25, 0.3) is 0 Å². The summed E-state index contributed by atoms with van der Waals surface area (Å²) in [4.78, 5) is 2.20. The molecule has 3 aromatic rings. The number of rotatable bonds is 6. The molecule has 0 saturated heterocycles. The van der Waals surface area contributed by atoms with Crippen LogP contribution in [0.4, 0.5) is 4.39 Å². The number of halogens is 2. The minimum absolute atomic E-state index is 0.173. The molecule has 4 rings (SSSR count). The van der Waals surface area contributed by atoms with Crippen molar-refractivity contribution >= 4 is 15.9 Å². The Morgan fingerprint density at radius 1 is 1.08 bits per heavy atom. The molecule has 0 unspecified atom stereocenters. The first-order valence-corrected chi connectivity index (χ1v) is 9.04. The lowest BCUT2D eigenvalue weighted by molar-refractivity contribution is 0.218. The first-order valence-electron chi connectivity index (χ1n) is 8.25. The number of benzene rings is 2. The van der Waals surface area contributed by atoms with Gasteiger partial charge in [-0.15, -0.1) is 10.2 Å². The first kappa shape index (κ1) is 16.4. The number of nitrogens with zero attached hydrogens (tertiary/aromatic N) is 3. The third-order valence-electron chi connectivity index (χ3n) is 4.27. The second-order valence-electron chi connectivity index (χ2n) is 6.24. The zero-order valence-corrected chi connectivity index (χ0v) is 15.1. The van der Waals surface area contributed by atoms with Gasteiger partial charge >= 0.3 is 0 Å². The van der Waals surface area contributed by atoms with Crippen LogP contribution in [0.2, 0.25) is 0 Å². The minimum atomic E-state index is -0.173. The largest absolute Gasteiger partial charge is 0.419 e. The van der Waals surface area contributed by atoms with E-state index in [1.807, 2.05) is 36.4 Å². The van der Waals surface area contributed by atoms with Crippen LogP contribution >= 0.6 is 15.9 Å². The van der Waals surface area contributed by atoms with Crippen LogP contribution in [-0.4, -0.2) is 21.1 Å². The SMILES string of the molecule is Fc1ccccc1CN(Cc1nnc(-c2cccc(Br)c2)o1)C1CC1. The Kier molecular flexibility index (Phi) is 4.63. The van der Waals surface area contributed by atoms with E-state index in [2.05, 4.69) is 31.0 Å². The van der Waals surface area contributed by atoms with Gasteiger partial charge in [0.05, 0.1) is 6.54 Å². The molecule has 1 aliphatic carbocycles. The van der Waals surface area contributed by atoms with Gasteiger partial charge in [-0.3, -0.25) is 4.90 Å². The fraction of sp³-hybridized carbons (Fsp3) is 0.263. The van der Waals surface area contributed by atoms with Crippen molar-refractivity contribution in [2.24, 2.45) is 0 Å². The van der Waals surface area contributed by atoms with Crippen molar-refractivity contribution in [1.29, 1.82) is 0 Å². The van der Waals surface area contributed by atoms with E-state index in [-0.39, 0.29) is 5.82 Å². The normalized spacial score (nSPS) is 14.2. The van der Waals surface area contributed by atoms with Crippen LogP contribution in [0.5, 0.6) is 0 Å². The second-order valence-corrected chi connectivity index (χ2v) is 7.15. The molecule has 1 aromatic heterocycles. The molecule has 0 amide bonds. The standard InChI is InChI=1S/C19H17BrFN3O/c20-15-6-3-5-13(10-15)19-23-22-18(25-19)12-24(16-8-9-16)11-14-4-1-2-7-17(14)21/h1-7,10,16H,8-9,11-12H2. The van der Waals surface area contributed by atoms with Gasteiger partial charge in [0.15, 0.2) is 0 Å². The van der Waals surface area contributed by atoms with Gasteiger partial charge in [0.2, 0.25) is 11.8 Å². The van der Waals surface area contributed by atoms with E-state index >= 15 is 0 Å². The molecular weight excluding hydrogens is 385 g/mol. The Bertz CT molecular complexity index is 878. The first-order chi connectivity index (χ1) is 12.2. The molecule has 1 fully saturated rings. The molecule has 6 heteroatoms. The summed E-state index contributed by atoms with van der Waals surface area (Å²) in [6, 6.07) is 15.1. The fourth-order valence-electron chi connectivity index (χ4n) is 2.83. The topological polar surface area (TPSA) is 42.2 Å². The summed E-state index contributed by atoms with van der Waals surface area (Å²) in [5, 5.41) is 8.32. The highest BCUT2D eigenvalue weighted by Crippen LogP contribution is 2.30. The number of hydrogen-bond acceptors (Lipinski definition) is 4. The molecule has 1 heterocycles. The van der Waals surface area contributed by atoms with Gasteiger partial charge in [0.1, 0.15) is 5.82 Å². The van der Waals surface area contributed by atoms with E-state index < -0.39 is 0 Å². The summed E-state index contributed by atoms with van der Waals surface area (Å²) in [6.07, 6.45) is 2.25. The molecule has 0 N–H and O–H groups in total. The average molecular weight is 402 g/mol. The third-order valence-corrected chi connectivity index (χ3v) is 4.76. The van der Waals surface area contributed by atoms with E-state index in [9.17, 15) is 4.39 Å². The zero-order chi connectivity index (χ0) is 17.2. The summed E-state index contributed by atoms with van der Waals surface area (Å²) in [5.41, 5.74) is 1.57. The van der Waals surface area contributed by atoms with Crippen LogP contribution in [0.3, 0.4) is 0 Å². The van der Waals surface area contributed by atoms with Crippen molar-refractivity contribution in [2.75, 3.05) is 0 Å². The van der Waals surface area contributed by atoms with Gasteiger partial charge in [0, 0.05) is 28.2 Å². The Labute approximate surface area is 153 Å². The second kappa shape index (κ2) is 7.06. The highest BCUT2D eigenvalue weighted by atomic mass is 79.9. The van der Waals surface area contributed by atoms with Gasteiger partial charge in [-0.1, -0.05) is 40.2 Å². The molecule has 0 spiro atoms. The molecule has 1 saturated carbocycles. The average Bonchev–Trinajstić information content (AvgIpc) is 3.35. The lowest BCUT2D eigenvalue weighted by Crippen LogP contribution is -2.25. The van der Waals surface area contributed by atoms with Gasteiger partial charge in [-0.2, -0.15) is 0 Å². The predicted molar refractivity (Wildman–Crippen MR) is 96.1 cm³/mol. The van der Waals surface area contributed by atoms with Crippen LogP contribution in [0.1, 0.15) is 24.3 Å². The van der Waals surface area contributed by atoms with E-state index in [1.54, 1.807) is 6.07 Å². The van der Waals surface area contributed by atoms with Gasteiger partial charge in [-0.05, 0) is 37.1 Å². The molecule has 0 aliphatic heterocycles. The van der Waals surface area contributed by atoms with Crippen molar-refractivity contribution < 1.29 is 8.81 Å². The predicted octanol–water partition coefficient (Wildman–Crippen LogP) is 4.80. The lowest BCUT2D eigenvalue weighted by Gasteiger charge is -2.20. The maximum absolute atomic E-state index is 14.0. The van der Waals surface area contributed by atoms with Crippen molar-refractivity contribution in [3.63, 3.8) is 0 Å². The van der Waals surface area contributed by atoms with E-state index in [0.29, 0.717) is 36.5 Å². The summed E-state index contributed by atoms with van der Waals surface area (Å²) in [6.45, 7) is 1.08. The van der Waals surface area contributed by atoms with Crippen molar-refractivity contribution in [1.82, 2.24) is 15.1 Å². The molecule has 0 bridgehead atoms. The number of hydrogen-bond donors (Lipinski definition) is 0. The van der Waals surface area contributed by atoms with Crippen molar-refractivity contribution in [3.8, 4) is 11.5 Å². The lowest BCUT2D eigenvalue weighted by atomic mass is 10.2. The summed E-state index contributed by atoms with van der Waals surface area (Å²) in [5.74, 6) is 0.879. The molecule has 1 aliphatic rings. The molecule has 2 aromatic carbocycles. The maximum atomic E-state index is 14.0. The molecule has 0 atom stereocenters. The Morgan fingerprint density at radius 3 is 2.68 bits per heavy atom. The van der Waals surface area contributed by atoms with Crippen LogP contribution in [0.25, 0.3) is 11.5 Å². The maximum Gasteiger partial charge on any atom is 0.247 e. The van der Waals surface area contributed by atoms with Crippen LogP contribution < -0.4 is 0 Å². The van der Waals surface area contributed by atoms with Crippen LogP contribution in [0, 0.1) is 5.82 Å². The molecular formula is C19H17BrFN3O. The fourth-order valence-corrected chi connectivity index (χ4v) is 3.23. The summed E-state index contributed by atoms with van der Waals surface area (Å²) < 4.78 is 20.7. The molecule has 0 radical (unpaired) electrons. The quantitative estimate of drug-likeness (QED) is 0.594. The smallest absolute Gasteiger partial charge is 0.247 e. The molecule has 128 valence electrons. The van der Waals surface area contributed by atoms with Crippen LogP contribution in [0.15, 0.2) is 57.4 Å². The Balaban J connectivity index is 1.51. The zero-order valence-electron chi connectivity index (χ0n) is 13.5. The van der Waals surface area contributed by atoms with E-state index in [4.69, 9.17) is 4.42 Å². The summed E-state index contributed by atoms with van der Waals surface area (Å²) >= 11 is 3.44. The van der Waals surface area contributed by atoms with E-state index in [0.717, 1.165) is 22.9 Å². The third kappa shape index (κ3) is 3.96. The monoisotopic (exact) mass is 401 g/mol. The van der Waals surface area contributed by atoms with Gasteiger partial charge < -0.3 is 4.42 Å². The Hall–Kier alpha value is -2.05.